The van der Waals surface area contributed by atoms with E-state index in [0.717, 1.165) is 51.0 Å². The topological polar surface area (TPSA) is 109 Å². The molecule has 194 valence electrons. The second-order valence-corrected chi connectivity index (χ2v) is 10.3. The Balaban J connectivity index is 1.63. The molecule has 0 saturated carbocycles. The smallest absolute Gasteiger partial charge is 0.252 e. The molecule has 3 rings (SSSR count). The lowest BCUT2D eigenvalue weighted by Gasteiger charge is -2.32. The zero-order chi connectivity index (χ0) is 25.2. The van der Waals surface area contributed by atoms with Gasteiger partial charge in [-0.3, -0.25) is 14.4 Å². The Morgan fingerprint density at radius 2 is 1.97 bits per heavy atom. The van der Waals surface area contributed by atoms with Crippen molar-refractivity contribution >= 4 is 23.3 Å². The number of amides is 2. The third-order valence-corrected chi connectivity index (χ3v) is 6.86. The molecule has 0 radical (unpaired) electrons. The normalized spacial score (nSPS) is 22.0. The predicted octanol–water partition coefficient (Wildman–Crippen LogP) is 2.74. The maximum absolute atomic E-state index is 13.2. The van der Waals surface area contributed by atoms with E-state index in [1.165, 1.54) is 0 Å². The number of carbonyl (C=O) groups is 3. The van der Waals surface area contributed by atoms with Crippen LogP contribution in [-0.2, 0) is 14.3 Å². The van der Waals surface area contributed by atoms with E-state index in [0.29, 0.717) is 24.5 Å². The fourth-order valence-electron chi connectivity index (χ4n) is 4.90. The van der Waals surface area contributed by atoms with Gasteiger partial charge in [0.15, 0.2) is 5.78 Å². The van der Waals surface area contributed by atoms with Crippen molar-refractivity contribution in [3.05, 3.63) is 29.8 Å². The van der Waals surface area contributed by atoms with Gasteiger partial charge in [0.2, 0.25) is 5.91 Å². The molecule has 2 unspecified atom stereocenters. The van der Waals surface area contributed by atoms with Crippen LogP contribution in [0.1, 0.15) is 63.2 Å². The van der Waals surface area contributed by atoms with Crippen LogP contribution in [0, 0.1) is 17.8 Å². The molecule has 2 heterocycles. The molecule has 0 spiro atoms. The van der Waals surface area contributed by atoms with Crippen LogP contribution >= 0.6 is 0 Å². The Labute approximate surface area is 209 Å². The second kappa shape index (κ2) is 13.6. The maximum atomic E-state index is 13.2. The molecule has 0 aliphatic carbocycles. The van der Waals surface area contributed by atoms with E-state index in [2.05, 4.69) is 28.2 Å². The zero-order valence-electron chi connectivity index (χ0n) is 21.4. The summed E-state index contributed by atoms with van der Waals surface area (Å²) in [6, 6.07) is 6.12. The number of nitrogens with one attached hydrogen (secondary N) is 4. The minimum Gasteiger partial charge on any atom is -0.385 e. The van der Waals surface area contributed by atoms with E-state index in [-0.39, 0.29) is 36.0 Å². The number of hydrogen-bond acceptors (Lipinski definition) is 6. The molecule has 1 aromatic rings. The van der Waals surface area contributed by atoms with Gasteiger partial charge in [-0.25, -0.2) is 0 Å². The van der Waals surface area contributed by atoms with Crippen LogP contribution in [0.2, 0.25) is 0 Å². The van der Waals surface area contributed by atoms with Gasteiger partial charge in [-0.05, 0) is 68.8 Å². The number of carbonyl (C=O) groups excluding carboxylic acids is 3. The molecule has 4 N–H and O–H groups in total. The molecule has 2 fully saturated rings. The first-order chi connectivity index (χ1) is 16.9. The molecule has 1 aromatic carbocycles. The van der Waals surface area contributed by atoms with Crippen molar-refractivity contribution < 1.29 is 19.1 Å². The number of piperidine rings is 1. The molecule has 2 aliphatic rings. The Morgan fingerprint density at radius 3 is 2.69 bits per heavy atom. The van der Waals surface area contributed by atoms with Crippen LogP contribution in [0.15, 0.2) is 24.3 Å². The highest BCUT2D eigenvalue weighted by Gasteiger charge is 2.35. The summed E-state index contributed by atoms with van der Waals surface area (Å²) >= 11 is 0. The van der Waals surface area contributed by atoms with Gasteiger partial charge in [-0.15, -0.1) is 0 Å². The summed E-state index contributed by atoms with van der Waals surface area (Å²) in [7, 11) is 0. The van der Waals surface area contributed by atoms with E-state index >= 15 is 0 Å². The third kappa shape index (κ3) is 8.32. The van der Waals surface area contributed by atoms with Crippen LogP contribution < -0.4 is 21.3 Å². The summed E-state index contributed by atoms with van der Waals surface area (Å²) < 4.78 is 5.40. The van der Waals surface area contributed by atoms with Gasteiger partial charge in [0.05, 0.1) is 12.6 Å². The number of benzene rings is 1. The number of rotatable bonds is 11. The summed E-state index contributed by atoms with van der Waals surface area (Å²) in [6.07, 6.45) is 4.49. The third-order valence-electron chi connectivity index (χ3n) is 6.86. The van der Waals surface area contributed by atoms with E-state index in [1.807, 2.05) is 32.0 Å². The number of ketones is 1. The fraction of sp³-hybridized carbons (Fsp3) is 0.667. The Morgan fingerprint density at radius 1 is 1.20 bits per heavy atom. The molecule has 2 saturated heterocycles. The van der Waals surface area contributed by atoms with Crippen molar-refractivity contribution in [2.24, 2.45) is 17.8 Å². The van der Waals surface area contributed by atoms with E-state index in [1.54, 1.807) is 6.07 Å². The predicted molar refractivity (Wildman–Crippen MR) is 137 cm³/mol. The first-order valence-electron chi connectivity index (χ1n) is 13.1. The molecule has 0 aromatic heterocycles. The molecule has 35 heavy (non-hydrogen) atoms. The van der Waals surface area contributed by atoms with Crippen LogP contribution in [0.5, 0.6) is 0 Å². The van der Waals surface area contributed by atoms with Gasteiger partial charge in [0.25, 0.3) is 5.91 Å². The molecule has 2 aliphatic heterocycles. The van der Waals surface area contributed by atoms with Crippen molar-refractivity contribution in [1.82, 2.24) is 16.0 Å². The molecule has 8 nitrogen and oxygen atoms in total. The van der Waals surface area contributed by atoms with Gasteiger partial charge >= 0.3 is 0 Å². The van der Waals surface area contributed by atoms with Crippen molar-refractivity contribution in [2.45, 2.75) is 65.0 Å². The number of anilines is 1. The number of ether oxygens (including phenoxy) is 1. The Bertz CT molecular complexity index is 851. The first kappa shape index (κ1) is 27.1. The summed E-state index contributed by atoms with van der Waals surface area (Å²) in [4.78, 5) is 38.8. The van der Waals surface area contributed by atoms with Gasteiger partial charge in [0, 0.05) is 23.7 Å². The molecule has 2 amide bonds. The van der Waals surface area contributed by atoms with Gasteiger partial charge in [-0.2, -0.15) is 0 Å². The van der Waals surface area contributed by atoms with E-state index in [9.17, 15) is 14.4 Å². The van der Waals surface area contributed by atoms with Crippen molar-refractivity contribution in [1.29, 1.82) is 0 Å². The highest BCUT2D eigenvalue weighted by molar-refractivity contribution is 5.99. The van der Waals surface area contributed by atoms with Gasteiger partial charge in [0.1, 0.15) is 12.6 Å². The second-order valence-electron chi connectivity index (χ2n) is 10.3. The monoisotopic (exact) mass is 486 g/mol. The summed E-state index contributed by atoms with van der Waals surface area (Å²) in [5.41, 5.74) is 1.41. The Hall–Kier alpha value is -2.45. The number of hydrogen-bond donors (Lipinski definition) is 4. The summed E-state index contributed by atoms with van der Waals surface area (Å²) in [6.45, 7) is 9.53. The molecule has 3 atom stereocenters. The summed E-state index contributed by atoms with van der Waals surface area (Å²) in [5, 5.41) is 12.7. The summed E-state index contributed by atoms with van der Waals surface area (Å²) in [5.74, 6) is 0.0694. The average Bonchev–Trinajstić information content (AvgIpc) is 2.85. The standard InChI is InChI=1S/C27H42N4O4/c1-4-6-21-16-35-17-24(32)25(21)31-27(34)23(13-18(2)3)30-26(33)20-7-5-8-22(14-20)29-15-19-9-11-28-12-10-19/h5,7-8,14,18-19,21,23,25,28-29H,4,6,9-13,15-17H2,1-3H3,(H,30,33)(H,31,34)/t21?,23?,25-/m0/s1. The van der Waals surface area contributed by atoms with Crippen molar-refractivity contribution in [3.63, 3.8) is 0 Å². The van der Waals surface area contributed by atoms with E-state index in [4.69, 9.17) is 4.74 Å². The van der Waals surface area contributed by atoms with Crippen molar-refractivity contribution in [3.8, 4) is 0 Å². The largest absolute Gasteiger partial charge is 0.385 e. The molecule has 0 bridgehead atoms. The lowest BCUT2D eigenvalue weighted by atomic mass is 9.90. The lowest BCUT2D eigenvalue weighted by Crippen LogP contribution is -2.57. The molecule has 8 heteroatoms. The average molecular weight is 487 g/mol. The molecular formula is C27H42N4O4. The maximum Gasteiger partial charge on any atom is 0.252 e. The van der Waals surface area contributed by atoms with Crippen molar-refractivity contribution in [2.75, 3.05) is 38.2 Å². The van der Waals surface area contributed by atoms with Crippen LogP contribution in [-0.4, -0.2) is 62.5 Å². The molecular weight excluding hydrogens is 444 g/mol. The Kier molecular flexibility index (Phi) is 10.5. The quantitative estimate of drug-likeness (QED) is 0.383. The van der Waals surface area contributed by atoms with Crippen LogP contribution in [0.25, 0.3) is 0 Å². The highest BCUT2D eigenvalue weighted by atomic mass is 16.5. The first-order valence-corrected chi connectivity index (χ1v) is 13.1. The van der Waals surface area contributed by atoms with Crippen LogP contribution in [0.3, 0.4) is 0 Å². The van der Waals surface area contributed by atoms with Crippen LogP contribution in [0.4, 0.5) is 5.69 Å². The minimum absolute atomic E-state index is 0.0174. The van der Waals surface area contributed by atoms with Gasteiger partial charge < -0.3 is 26.0 Å². The van der Waals surface area contributed by atoms with Gasteiger partial charge in [-0.1, -0.05) is 33.3 Å². The fourth-order valence-corrected chi connectivity index (χ4v) is 4.90. The minimum atomic E-state index is -0.716. The lowest BCUT2D eigenvalue weighted by molar-refractivity contribution is -0.138. The SMILES string of the molecule is CCCC1COCC(=O)[C@H]1NC(=O)C(CC(C)C)NC(=O)c1cccc(NCC2CCNCC2)c1. The highest BCUT2D eigenvalue weighted by Crippen LogP contribution is 2.19. The van der Waals surface area contributed by atoms with E-state index < -0.39 is 12.1 Å². The zero-order valence-corrected chi connectivity index (χ0v) is 21.4. The number of Topliss-reactive ketones (excluding diaryl/α,β-unsaturated/α-hetero) is 1.